The number of rotatable bonds is 2. The minimum atomic E-state index is -3.28. The van der Waals surface area contributed by atoms with Crippen molar-refractivity contribution < 1.29 is 18.0 Å². The van der Waals surface area contributed by atoms with Crippen LogP contribution in [0, 0.1) is 0 Å². The van der Waals surface area contributed by atoms with Crippen LogP contribution in [-0.2, 0) is 21.1 Å². The molecule has 3 rings (SSSR count). The molecule has 2 heterocycles. The van der Waals surface area contributed by atoms with Crippen molar-refractivity contribution in [2.24, 2.45) is 5.73 Å². The topological polar surface area (TPSA) is 97.5 Å². The third-order valence-corrected chi connectivity index (χ3v) is 6.17. The SMILES string of the molecule is NC(=O)C1CCCCN1C(=O)c1ccc2c(c1)S(=O)(=O)CC2. The number of nitrogens with zero attached hydrogens (tertiary/aromatic N) is 1. The van der Waals surface area contributed by atoms with Gasteiger partial charge >= 0.3 is 0 Å². The van der Waals surface area contributed by atoms with Gasteiger partial charge in [-0.2, -0.15) is 0 Å². The number of nitrogens with two attached hydrogens (primary N) is 1. The summed E-state index contributed by atoms with van der Waals surface area (Å²) in [5.74, 6) is -0.747. The van der Waals surface area contributed by atoms with E-state index >= 15 is 0 Å². The Morgan fingerprint density at radius 3 is 2.73 bits per heavy atom. The van der Waals surface area contributed by atoms with Gasteiger partial charge in [0.1, 0.15) is 6.04 Å². The summed E-state index contributed by atoms with van der Waals surface area (Å²) in [4.78, 5) is 25.9. The zero-order chi connectivity index (χ0) is 15.9. The maximum atomic E-state index is 12.6. The average molecular weight is 322 g/mol. The van der Waals surface area contributed by atoms with Crippen LogP contribution in [0.1, 0.15) is 35.2 Å². The molecule has 7 heteroatoms. The Morgan fingerprint density at radius 2 is 2.00 bits per heavy atom. The Balaban J connectivity index is 1.94. The minimum absolute atomic E-state index is 0.0909. The van der Waals surface area contributed by atoms with Gasteiger partial charge in [0, 0.05) is 12.1 Å². The lowest BCUT2D eigenvalue weighted by atomic mass is 10.00. The number of primary amides is 1. The molecule has 0 radical (unpaired) electrons. The predicted octanol–water partition coefficient (Wildman–Crippen LogP) is 0.496. The van der Waals surface area contributed by atoms with E-state index in [1.165, 1.54) is 11.0 Å². The van der Waals surface area contributed by atoms with E-state index in [0.717, 1.165) is 18.4 Å². The van der Waals surface area contributed by atoms with Crippen molar-refractivity contribution in [2.45, 2.75) is 36.6 Å². The monoisotopic (exact) mass is 322 g/mol. The van der Waals surface area contributed by atoms with Crippen LogP contribution in [0.3, 0.4) is 0 Å². The maximum absolute atomic E-state index is 12.6. The molecule has 0 saturated carbocycles. The van der Waals surface area contributed by atoms with Crippen LogP contribution >= 0.6 is 0 Å². The summed E-state index contributed by atoms with van der Waals surface area (Å²) in [6.07, 6.45) is 2.72. The quantitative estimate of drug-likeness (QED) is 0.857. The summed E-state index contributed by atoms with van der Waals surface area (Å²) in [5.41, 5.74) is 6.43. The Bertz CT molecular complexity index is 742. The lowest BCUT2D eigenvalue weighted by molar-refractivity contribution is -0.123. The second-order valence-corrected chi connectivity index (χ2v) is 7.88. The highest BCUT2D eigenvalue weighted by Crippen LogP contribution is 2.28. The Hall–Kier alpha value is -1.89. The maximum Gasteiger partial charge on any atom is 0.254 e. The summed E-state index contributed by atoms with van der Waals surface area (Å²) >= 11 is 0. The number of piperidine rings is 1. The molecule has 0 aromatic heterocycles. The highest BCUT2D eigenvalue weighted by atomic mass is 32.2. The zero-order valence-electron chi connectivity index (χ0n) is 12.1. The number of aryl methyl sites for hydroxylation is 1. The van der Waals surface area contributed by atoms with Crippen LogP contribution in [0.15, 0.2) is 23.1 Å². The molecule has 0 aliphatic carbocycles. The van der Waals surface area contributed by atoms with E-state index in [9.17, 15) is 18.0 Å². The van der Waals surface area contributed by atoms with Crippen molar-refractivity contribution in [2.75, 3.05) is 12.3 Å². The number of carbonyl (C=O) groups excluding carboxylic acids is 2. The molecule has 1 unspecified atom stereocenters. The molecule has 1 aromatic carbocycles. The molecule has 0 spiro atoms. The van der Waals surface area contributed by atoms with E-state index in [2.05, 4.69) is 0 Å². The number of benzene rings is 1. The Labute approximate surface area is 129 Å². The van der Waals surface area contributed by atoms with Crippen molar-refractivity contribution >= 4 is 21.7 Å². The van der Waals surface area contributed by atoms with Gasteiger partial charge < -0.3 is 10.6 Å². The molecule has 2 amide bonds. The number of hydrogen-bond donors (Lipinski definition) is 1. The van der Waals surface area contributed by atoms with Gasteiger partial charge in [-0.15, -0.1) is 0 Å². The van der Waals surface area contributed by atoms with Gasteiger partial charge in [0.2, 0.25) is 5.91 Å². The number of sulfone groups is 1. The van der Waals surface area contributed by atoms with Crippen LogP contribution in [0.2, 0.25) is 0 Å². The van der Waals surface area contributed by atoms with Gasteiger partial charge in [0.15, 0.2) is 9.84 Å². The van der Waals surface area contributed by atoms with E-state index in [-0.39, 0.29) is 16.6 Å². The molecule has 1 fully saturated rings. The third kappa shape index (κ3) is 2.49. The number of amides is 2. The zero-order valence-corrected chi connectivity index (χ0v) is 12.9. The van der Waals surface area contributed by atoms with Gasteiger partial charge in [-0.3, -0.25) is 9.59 Å². The van der Waals surface area contributed by atoms with Crippen molar-refractivity contribution in [3.63, 3.8) is 0 Å². The van der Waals surface area contributed by atoms with E-state index in [1.807, 2.05) is 0 Å². The van der Waals surface area contributed by atoms with Crippen LogP contribution in [-0.4, -0.2) is 43.5 Å². The largest absolute Gasteiger partial charge is 0.368 e. The number of carbonyl (C=O) groups is 2. The standard InChI is InChI=1S/C15H18N2O4S/c16-14(18)12-3-1-2-7-17(12)15(19)11-5-4-10-6-8-22(20,21)13(10)9-11/h4-5,9,12H,1-3,6-8H2,(H2,16,18). The highest BCUT2D eigenvalue weighted by Gasteiger charge is 2.33. The highest BCUT2D eigenvalue weighted by molar-refractivity contribution is 7.91. The van der Waals surface area contributed by atoms with Crippen LogP contribution in [0.5, 0.6) is 0 Å². The molecule has 2 N–H and O–H groups in total. The van der Waals surface area contributed by atoms with E-state index in [0.29, 0.717) is 24.9 Å². The fraction of sp³-hybridized carbons (Fsp3) is 0.467. The Morgan fingerprint density at radius 1 is 1.23 bits per heavy atom. The van der Waals surface area contributed by atoms with Gasteiger partial charge in [0.05, 0.1) is 10.6 Å². The molecular formula is C15H18N2O4S. The number of fused-ring (bicyclic) bond motifs is 1. The Kier molecular flexibility index (Phi) is 3.68. The van der Waals surface area contributed by atoms with Crippen molar-refractivity contribution in [1.82, 2.24) is 4.90 Å². The lowest BCUT2D eigenvalue weighted by Gasteiger charge is -2.33. The molecule has 1 saturated heterocycles. The lowest BCUT2D eigenvalue weighted by Crippen LogP contribution is -2.50. The molecule has 0 bridgehead atoms. The summed E-state index contributed by atoms with van der Waals surface area (Å²) in [6.45, 7) is 0.469. The second-order valence-electron chi connectivity index (χ2n) is 5.80. The predicted molar refractivity (Wildman–Crippen MR) is 80.1 cm³/mol. The van der Waals surface area contributed by atoms with Gasteiger partial charge in [-0.25, -0.2) is 8.42 Å². The van der Waals surface area contributed by atoms with Gasteiger partial charge in [-0.1, -0.05) is 6.07 Å². The summed E-state index contributed by atoms with van der Waals surface area (Å²) in [6, 6.07) is 4.16. The fourth-order valence-corrected chi connectivity index (χ4v) is 4.76. The van der Waals surface area contributed by atoms with Crippen LogP contribution in [0.4, 0.5) is 0 Å². The molecule has 2 aliphatic rings. The first kappa shape index (κ1) is 15.0. The van der Waals surface area contributed by atoms with Gasteiger partial charge in [0.25, 0.3) is 5.91 Å². The van der Waals surface area contributed by atoms with E-state index in [1.54, 1.807) is 12.1 Å². The molecule has 118 valence electrons. The minimum Gasteiger partial charge on any atom is -0.368 e. The normalized spacial score (nSPS) is 23.1. The second kappa shape index (κ2) is 5.39. The fourth-order valence-electron chi connectivity index (χ4n) is 3.17. The smallest absolute Gasteiger partial charge is 0.254 e. The molecule has 1 atom stereocenters. The van der Waals surface area contributed by atoms with E-state index < -0.39 is 21.8 Å². The first-order valence-corrected chi connectivity index (χ1v) is 9.01. The summed E-state index contributed by atoms with van der Waals surface area (Å²) in [5, 5.41) is 0. The molecule has 22 heavy (non-hydrogen) atoms. The average Bonchev–Trinajstić information content (AvgIpc) is 2.81. The molecule has 6 nitrogen and oxygen atoms in total. The first-order valence-electron chi connectivity index (χ1n) is 7.36. The van der Waals surface area contributed by atoms with Crippen LogP contribution in [0.25, 0.3) is 0 Å². The molecular weight excluding hydrogens is 304 g/mol. The number of hydrogen-bond acceptors (Lipinski definition) is 4. The van der Waals surface area contributed by atoms with Crippen molar-refractivity contribution in [3.05, 3.63) is 29.3 Å². The third-order valence-electron chi connectivity index (χ3n) is 4.38. The summed E-state index contributed by atoms with van der Waals surface area (Å²) in [7, 11) is -3.28. The molecule has 2 aliphatic heterocycles. The van der Waals surface area contributed by atoms with Crippen molar-refractivity contribution in [1.29, 1.82) is 0 Å². The van der Waals surface area contributed by atoms with Gasteiger partial charge in [-0.05, 0) is 43.4 Å². The first-order chi connectivity index (χ1) is 10.4. The summed E-state index contributed by atoms with van der Waals surface area (Å²) < 4.78 is 24.0. The van der Waals surface area contributed by atoms with Crippen LogP contribution < -0.4 is 5.73 Å². The molecule has 1 aromatic rings. The number of likely N-dealkylation sites (tertiary alicyclic amines) is 1. The van der Waals surface area contributed by atoms with Crippen molar-refractivity contribution in [3.8, 4) is 0 Å². The van der Waals surface area contributed by atoms with E-state index in [4.69, 9.17) is 5.73 Å².